The molecular weight excluding hydrogens is 319 g/mol. The number of thiocarbonyl (C=S) groups is 1. The Morgan fingerprint density at radius 2 is 2.14 bits per heavy atom. The molecule has 1 aromatic rings. The number of carbonyl (C=O) groups excluding carboxylic acids is 1. The molecule has 1 saturated heterocycles. The topological polar surface area (TPSA) is 53.6 Å². The van der Waals surface area contributed by atoms with Crippen LogP contribution in [-0.2, 0) is 10.9 Å². The summed E-state index contributed by atoms with van der Waals surface area (Å²) in [5, 5.41) is 5.63. The number of amides is 1. The minimum Gasteiger partial charge on any atom is -0.447 e. The summed E-state index contributed by atoms with van der Waals surface area (Å²) in [7, 11) is 0. The number of carbonyl (C=O) groups is 1. The van der Waals surface area contributed by atoms with Gasteiger partial charge >= 0.3 is 12.3 Å². The van der Waals surface area contributed by atoms with Crippen LogP contribution < -0.4 is 10.6 Å². The van der Waals surface area contributed by atoms with E-state index in [0.29, 0.717) is 18.2 Å². The molecule has 5 nitrogen and oxygen atoms in total. The monoisotopic (exact) mass is 333 g/mol. The fourth-order valence-corrected chi connectivity index (χ4v) is 2.24. The van der Waals surface area contributed by atoms with Gasteiger partial charge in [0.05, 0.1) is 17.8 Å². The van der Waals surface area contributed by atoms with Crippen LogP contribution in [0.1, 0.15) is 5.56 Å². The zero-order valence-corrected chi connectivity index (χ0v) is 12.3. The number of nitrogens with one attached hydrogen (secondary N) is 2. The molecule has 1 aliphatic rings. The Morgan fingerprint density at radius 3 is 2.77 bits per heavy atom. The maximum absolute atomic E-state index is 12.8. The maximum Gasteiger partial charge on any atom is 0.418 e. The van der Waals surface area contributed by atoms with Crippen LogP contribution in [0.5, 0.6) is 0 Å². The van der Waals surface area contributed by atoms with Crippen LogP contribution in [0.4, 0.5) is 23.7 Å². The van der Waals surface area contributed by atoms with Crippen molar-refractivity contribution in [2.45, 2.75) is 6.18 Å². The van der Waals surface area contributed by atoms with Crippen molar-refractivity contribution in [3.63, 3.8) is 0 Å². The van der Waals surface area contributed by atoms with Crippen LogP contribution in [-0.4, -0.2) is 42.3 Å². The number of hydrogen-bond donors (Lipinski definition) is 2. The zero-order chi connectivity index (χ0) is 16.2. The third-order valence-electron chi connectivity index (χ3n) is 3.01. The summed E-state index contributed by atoms with van der Waals surface area (Å²) in [5.74, 6) is 0. The molecular formula is C13H14F3N3O2S. The molecule has 2 rings (SSSR count). The first kappa shape index (κ1) is 16.3. The van der Waals surface area contributed by atoms with Crippen LogP contribution in [0.15, 0.2) is 24.3 Å². The molecule has 0 unspecified atom stereocenters. The molecule has 120 valence electrons. The average molecular weight is 333 g/mol. The minimum absolute atomic E-state index is 0.0296. The number of benzene rings is 1. The van der Waals surface area contributed by atoms with E-state index in [-0.39, 0.29) is 12.3 Å². The van der Waals surface area contributed by atoms with E-state index in [4.69, 9.17) is 17.0 Å². The summed E-state index contributed by atoms with van der Waals surface area (Å²) in [4.78, 5) is 13.4. The first-order valence-corrected chi connectivity index (χ1v) is 6.91. The molecule has 22 heavy (non-hydrogen) atoms. The van der Waals surface area contributed by atoms with Crippen LogP contribution >= 0.6 is 12.2 Å². The van der Waals surface area contributed by atoms with Crippen molar-refractivity contribution in [2.75, 3.05) is 31.6 Å². The van der Waals surface area contributed by atoms with Crippen LogP contribution in [0.2, 0.25) is 0 Å². The molecule has 1 fully saturated rings. The number of anilines is 1. The van der Waals surface area contributed by atoms with Crippen LogP contribution in [0.3, 0.4) is 0 Å². The van der Waals surface area contributed by atoms with Crippen LogP contribution in [0.25, 0.3) is 0 Å². The molecule has 0 radical (unpaired) electrons. The van der Waals surface area contributed by atoms with Gasteiger partial charge in [0.25, 0.3) is 0 Å². The summed E-state index contributed by atoms with van der Waals surface area (Å²) in [6.07, 6.45) is -5.48. The van der Waals surface area contributed by atoms with Crippen molar-refractivity contribution < 1.29 is 22.7 Å². The van der Waals surface area contributed by atoms with Crippen molar-refractivity contribution >= 4 is 29.1 Å². The first-order chi connectivity index (χ1) is 10.4. The Kier molecular flexibility index (Phi) is 5.07. The summed E-state index contributed by atoms with van der Waals surface area (Å²) in [6.45, 7) is 1.85. The highest BCUT2D eigenvalue weighted by atomic mass is 32.1. The second-order valence-corrected chi connectivity index (χ2v) is 4.91. The molecule has 1 amide bonds. The number of hydrogen-bond acceptors (Lipinski definition) is 3. The maximum atomic E-state index is 12.8. The largest absolute Gasteiger partial charge is 0.447 e. The summed E-state index contributed by atoms with van der Waals surface area (Å²) in [5.41, 5.74) is -1.25. The lowest BCUT2D eigenvalue weighted by atomic mass is 10.2. The van der Waals surface area contributed by atoms with Gasteiger partial charge in [-0.3, -0.25) is 5.32 Å². The van der Waals surface area contributed by atoms with Gasteiger partial charge in [-0.2, -0.15) is 13.2 Å². The van der Waals surface area contributed by atoms with Gasteiger partial charge in [0.2, 0.25) is 0 Å². The number of ether oxygens (including phenoxy) is 1. The van der Waals surface area contributed by atoms with E-state index >= 15 is 0 Å². The normalized spacial score (nSPS) is 14.7. The number of rotatable bonds is 4. The van der Waals surface area contributed by atoms with Gasteiger partial charge in [0.15, 0.2) is 5.11 Å². The van der Waals surface area contributed by atoms with Crippen molar-refractivity contribution in [1.29, 1.82) is 0 Å². The Balaban J connectivity index is 1.86. The highest BCUT2D eigenvalue weighted by Crippen LogP contribution is 2.34. The Labute approximate surface area is 130 Å². The molecule has 9 heteroatoms. The fourth-order valence-electron chi connectivity index (χ4n) is 1.96. The lowest BCUT2D eigenvalue weighted by Gasteiger charge is -2.17. The highest BCUT2D eigenvalue weighted by molar-refractivity contribution is 7.80. The van der Waals surface area contributed by atoms with E-state index < -0.39 is 17.8 Å². The zero-order valence-electron chi connectivity index (χ0n) is 11.4. The number of alkyl halides is 3. The van der Waals surface area contributed by atoms with Gasteiger partial charge in [0, 0.05) is 13.1 Å². The second kappa shape index (κ2) is 6.82. The summed E-state index contributed by atoms with van der Waals surface area (Å²) in [6, 6.07) is 4.72. The quantitative estimate of drug-likeness (QED) is 0.829. The third kappa shape index (κ3) is 4.23. The van der Waals surface area contributed by atoms with E-state index in [1.54, 1.807) is 0 Å². The smallest absolute Gasteiger partial charge is 0.418 e. The van der Waals surface area contributed by atoms with Crippen molar-refractivity contribution in [3.05, 3.63) is 29.8 Å². The Bertz CT molecular complexity index is 566. The fraction of sp³-hybridized carbons (Fsp3) is 0.385. The van der Waals surface area contributed by atoms with Crippen molar-refractivity contribution in [2.24, 2.45) is 0 Å². The minimum atomic E-state index is -4.54. The molecule has 2 N–H and O–H groups in total. The Morgan fingerprint density at radius 1 is 1.41 bits per heavy atom. The van der Waals surface area contributed by atoms with Gasteiger partial charge in [0.1, 0.15) is 6.61 Å². The first-order valence-electron chi connectivity index (χ1n) is 6.50. The predicted molar refractivity (Wildman–Crippen MR) is 78.6 cm³/mol. The van der Waals surface area contributed by atoms with E-state index in [0.717, 1.165) is 12.6 Å². The van der Waals surface area contributed by atoms with E-state index in [1.165, 1.54) is 18.2 Å². The van der Waals surface area contributed by atoms with Crippen LogP contribution in [0, 0.1) is 0 Å². The average Bonchev–Trinajstić information content (AvgIpc) is 2.84. The molecule has 0 spiro atoms. The van der Waals surface area contributed by atoms with E-state index in [9.17, 15) is 18.0 Å². The number of nitrogens with zero attached hydrogens (tertiary/aromatic N) is 1. The molecule has 0 atom stereocenters. The second-order valence-electron chi connectivity index (χ2n) is 4.52. The summed E-state index contributed by atoms with van der Waals surface area (Å²) >= 11 is 5.02. The molecule has 1 aliphatic heterocycles. The van der Waals surface area contributed by atoms with Gasteiger partial charge in [-0.1, -0.05) is 12.1 Å². The van der Waals surface area contributed by atoms with Gasteiger partial charge in [-0.05, 0) is 24.4 Å². The highest BCUT2D eigenvalue weighted by Gasteiger charge is 2.33. The molecule has 0 aromatic heterocycles. The molecule has 0 bridgehead atoms. The number of para-hydroxylation sites is 1. The van der Waals surface area contributed by atoms with Gasteiger partial charge in [-0.15, -0.1) is 0 Å². The summed E-state index contributed by atoms with van der Waals surface area (Å²) < 4.78 is 43.2. The Hall–Kier alpha value is -2.03. The molecule has 0 aliphatic carbocycles. The lowest BCUT2D eigenvalue weighted by molar-refractivity contribution is -0.136. The van der Waals surface area contributed by atoms with Gasteiger partial charge < -0.3 is 15.0 Å². The van der Waals surface area contributed by atoms with Crippen molar-refractivity contribution in [3.8, 4) is 0 Å². The lowest BCUT2D eigenvalue weighted by Crippen LogP contribution is -2.32. The molecule has 1 heterocycles. The van der Waals surface area contributed by atoms with E-state index in [1.807, 2.05) is 4.90 Å². The predicted octanol–water partition coefficient (Wildman–Crippen LogP) is 2.44. The SMILES string of the molecule is O=C(Nc1ccccc1C(F)(F)F)OCCN1CCNC1=S. The third-order valence-corrected chi connectivity index (χ3v) is 3.41. The number of halogens is 3. The molecule has 0 saturated carbocycles. The molecule has 1 aromatic carbocycles. The van der Waals surface area contributed by atoms with E-state index in [2.05, 4.69) is 10.6 Å². The van der Waals surface area contributed by atoms with Gasteiger partial charge in [-0.25, -0.2) is 4.79 Å². The standard InChI is InChI=1S/C13H14F3N3O2S/c14-13(15,16)9-3-1-2-4-10(9)18-12(20)21-8-7-19-6-5-17-11(19)22/h1-4H,5-8H2,(H,17,22)(H,18,20). The van der Waals surface area contributed by atoms with Crippen molar-refractivity contribution in [1.82, 2.24) is 10.2 Å².